The van der Waals surface area contributed by atoms with Crippen LogP contribution in [0.3, 0.4) is 0 Å². The van der Waals surface area contributed by atoms with Crippen LogP contribution in [0, 0.1) is 0 Å². The molecule has 5 nitrogen and oxygen atoms in total. The van der Waals surface area contributed by atoms with Gasteiger partial charge in [0.05, 0.1) is 12.1 Å². The summed E-state index contributed by atoms with van der Waals surface area (Å²) in [7, 11) is 0. The van der Waals surface area contributed by atoms with Gasteiger partial charge >= 0.3 is 5.97 Å². The fourth-order valence-corrected chi connectivity index (χ4v) is 1.69. The van der Waals surface area contributed by atoms with Crippen LogP contribution in [0.2, 0.25) is 0 Å². The number of carbonyl (C=O) groups is 1. The van der Waals surface area contributed by atoms with Crippen molar-refractivity contribution < 1.29 is 9.90 Å². The van der Waals surface area contributed by atoms with Crippen molar-refractivity contribution in [2.45, 2.75) is 31.1 Å². The smallest absolute Gasteiger partial charge is 0.304 e. The number of hydrogen-bond acceptors (Lipinski definition) is 3. The average molecular weight is 209 g/mol. The number of aromatic nitrogens is 2. The molecule has 1 heterocycles. The minimum atomic E-state index is -0.832. The van der Waals surface area contributed by atoms with Crippen molar-refractivity contribution in [2.24, 2.45) is 5.73 Å². The standard InChI is InChI=1S/C10H15N3O2/c11-5-7(3-10(14)15)9-4-8(12-13-9)6-1-2-6/h4,6-7H,1-3,5,11H2,(H,12,13)(H,14,15). The van der Waals surface area contributed by atoms with Crippen molar-refractivity contribution in [3.05, 3.63) is 17.5 Å². The normalized spacial score (nSPS) is 17.7. The van der Waals surface area contributed by atoms with Gasteiger partial charge in [0, 0.05) is 24.1 Å². The van der Waals surface area contributed by atoms with E-state index < -0.39 is 5.97 Å². The van der Waals surface area contributed by atoms with Crippen LogP contribution >= 0.6 is 0 Å². The van der Waals surface area contributed by atoms with Crippen molar-refractivity contribution in [3.8, 4) is 0 Å². The quantitative estimate of drug-likeness (QED) is 0.669. The third-order valence-electron chi connectivity index (χ3n) is 2.76. The van der Waals surface area contributed by atoms with E-state index in [0.29, 0.717) is 12.5 Å². The summed E-state index contributed by atoms with van der Waals surface area (Å²) in [5.41, 5.74) is 7.44. The molecule has 0 radical (unpaired) electrons. The van der Waals surface area contributed by atoms with Gasteiger partial charge in [-0.3, -0.25) is 9.89 Å². The lowest BCUT2D eigenvalue weighted by Gasteiger charge is -2.07. The summed E-state index contributed by atoms with van der Waals surface area (Å²) in [5, 5.41) is 15.8. The second-order valence-corrected chi connectivity index (χ2v) is 4.05. The predicted octanol–water partition coefficient (Wildman–Crippen LogP) is 0.804. The maximum absolute atomic E-state index is 10.6. The molecule has 0 saturated heterocycles. The molecule has 0 amide bonds. The summed E-state index contributed by atoms with van der Waals surface area (Å²) in [6.07, 6.45) is 2.45. The van der Waals surface area contributed by atoms with Crippen LogP contribution in [-0.4, -0.2) is 27.8 Å². The van der Waals surface area contributed by atoms with Gasteiger partial charge in [0.25, 0.3) is 0 Å². The van der Waals surface area contributed by atoms with E-state index in [9.17, 15) is 4.79 Å². The van der Waals surface area contributed by atoms with Gasteiger partial charge < -0.3 is 10.8 Å². The lowest BCUT2D eigenvalue weighted by Crippen LogP contribution is -2.16. The van der Waals surface area contributed by atoms with E-state index in [1.165, 1.54) is 12.8 Å². The largest absolute Gasteiger partial charge is 0.481 e. The highest BCUT2D eigenvalue weighted by Gasteiger charge is 2.27. The molecule has 2 rings (SSSR count). The highest BCUT2D eigenvalue weighted by atomic mass is 16.4. The molecule has 1 atom stereocenters. The third kappa shape index (κ3) is 2.36. The number of aliphatic carboxylic acids is 1. The number of nitrogens with one attached hydrogen (secondary N) is 1. The van der Waals surface area contributed by atoms with Crippen LogP contribution < -0.4 is 5.73 Å². The zero-order valence-corrected chi connectivity index (χ0v) is 8.44. The van der Waals surface area contributed by atoms with Gasteiger partial charge in [-0.1, -0.05) is 0 Å². The molecule has 4 N–H and O–H groups in total. The van der Waals surface area contributed by atoms with Crippen molar-refractivity contribution in [1.82, 2.24) is 10.2 Å². The maximum Gasteiger partial charge on any atom is 0.304 e. The molecular formula is C10H15N3O2. The highest BCUT2D eigenvalue weighted by molar-refractivity contribution is 5.67. The van der Waals surface area contributed by atoms with Gasteiger partial charge in [-0.15, -0.1) is 0 Å². The van der Waals surface area contributed by atoms with Gasteiger partial charge in [0.1, 0.15) is 0 Å². The molecule has 1 unspecified atom stereocenters. The highest BCUT2D eigenvalue weighted by Crippen LogP contribution is 2.39. The summed E-state index contributed by atoms with van der Waals surface area (Å²) in [6.45, 7) is 0.321. The van der Waals surface area contributed by atoms with E-state index in [0.717, 1.165) is 11.4 Å². The molecule has 0 aromatic carbocycles. The Bertz CT molecular complexity index is 357. The van der Waals surface area contributed by atoms with E-state index in [1.807, 2.05) is 6.07 Å². The lowest BCUT2D eigenvalue weighted by molar-refractivity contribution is -0.137. The SMILES string of the molecule is NCC(CC(=O)O)c1cc(C2CC2)[nH]n1. The Morgan fingerprint density at radius 1 is 1.73 bits per heavy atom. The maximum atomic E-state index is 10.6. The minimum absolute atomic E-state index is 0.0471. The lowest BCUT2D eigenvalue weighted by atomic mass is 10.0. The van der Waals surface area contributed by atoms with Crippen LogP contribution in [0.5, 0.6) is 0 Å². The van der Waals surface area contributed by atoms with Gasteiger partial charge in [0.2, 0.25) is 0 Å². The molecule has 1 fully saturated rings. The van der Waals surface area contributed by atoms with E-state index in [2.05, 4.69) is 10.2 Å². The summed E-state index contributed by atoms with van der Waals surface area (Å²) in [5.74, 6) is -0.401. The van der Waals surface area contributed by atoms with Gasteiger partial charge in [0.15, 0.2) is 0 Å². The molecule has 1 saturated carbocycles. The minimum Gasteiger partial charge on any atom is -0.481 e. The molecule has 0 aliphatic heterocycles. The third-order valence-corrected chi connectivity index (χ3v) is 2.76. The molecule has 5 heteroatoms. The Hall–Kier alpha value is -1.36. The fraction of sp³-hybridized carbons (Fsp3) is 0.600. The number of carboxylic acids is 1. The first-order chi connectivity index (χ1) is 7.20. The zero-order valence-electron chi connectivity index (χ0n) is 8.44. The van der Waals surface area contributed by atoms with E-state index in [4.69, 9.17) is 10.8 Å². The second-order valence-electron chi connectivity index (χ2n) is 4.05. The van der Waals surface area contributed by atoms with E-state index in [1.54, 1.807) is 0 Å². The average Bonchev–Trinajstić information content (AvgIpc) is 2.93. The Morgan fingerprint density at radius 2 is 2.47 bits per heavy atom. The zero-order chi connectivity index (χ0) is 10.8. The number of hydrogen-bond donors (Lipinski definition) is 3. The topological polar surface area (TPSA) is 92.0 Å². The first-order valence-corrected chi connectivity index (χ1v) is 5.17. The van der Waals surface area contributed by atoms with Crippen LogP contribution in [0.15, 0.2) is 6.07 Å². The first-order valence-electron chi connectivity index (χ1n) is 5.17. The number of carboxylic acid groups (broad SMARTS) is 1. The molecule has 0 bridgehead atoms. The first kappa shape index (κ1) is 10.2. The molecule has 1 aliphatic rings. The number of nitrogens with zero attached hydrogens (tertiary/aromatic N) is 1. The molecule has 1 aliphatic carbocycles. The van der Waals surface area contributed by atoms with Gasteiger partial charge in [-0.05, 0) is 18.9 Å². The Morgan fingerprint density at radius 3 is 3.00 bits per heavy atom. The number of H-pyrrole nitrogens is 1. The molecular weight excluding hydrogens is 194 g/mol. The van der Waals surface area contributed by atoms with Crippen molar-refractivity contribution in [2.75, 3.05) is 6.54 Å². The Balaban J connectivity index is 2.07. The van der Waals surface area contributed by atoms with Crippen LogP contribution in [0.1, 0.15) is 42.5 Å². The van der Waals surface area contributed by atoms with Crippen molar-refractivity contribution in [3.63, 3.8) is 0 Å². The summed E-state index contributed by atoms with van der Waals surface area (Å²) in [4.78, 5) is 10.6. The van der Waals surface area contributed by atoms with Gasteiger partial charge in [-0.2, -0.15) is 5.10 Å². The van der Waals surface area contributed by atoms with Gasteiger partial charge in [-0.25, -0.2) is 0 Å². The Labute approximate surface area is 87.7 Å². The van der Waals surface area contributed by atoms with Crippen LogP contribution in [0.25, 0.3) is 0 Å². The predicted molar refractivity (Wildman–Crippen MR) is 54.6 cm³/mol. The molecule has 1 aromatic heterocycles. The molecule has 82 valence electrons. The molecule has 1 aromatic rings. The fourth-order valence-electron chi connectivity index (χ4n) is 1.69. The van der Waals surface area contributed by atoms with Crippen LogP contribution in [0.4, 0.5) is 0 Å². The van der Waals surface area contributed by atoms with Crippen LogP contribution in [-0.2, 0) is 4.79 Å². The number of rotatable bonds is 5. The number of aromatic amines is 1. The van der Waals surface area contributed by atoms with Crippen molar-refractivity contribution in [1.29, 1.82) is 0 Å². The summed E-state index contributed by atoms with van der Waals surface area (Å²) < 4.78 is 0. The van der Waals surface area contributed by atoms with E-state index >= 15 is 0 Å². The molecule has 15 heavy (non-hydrogen) atoms. The molecule has 0 spiro atoms. The summed E-state index contributed by atoms with van der Waals surface area (Å²) >= 11 is 0. The second kappa shape index (κ2) is 4.02. The Kier molecular flexibility index (Phi) is 2.73. The number of nitrogens with two attached hydrogens (primary N) is 1. The summed E-state index contributed by atoms with van der Waals surface area (Å²) in [6, 6.07) is 1.96. The van der Waals surface area contributed by atoms with Crippen molar-refractivity contribution >= 4 is 5.97 Å². The monoisotopic (exact) mass is 209 g/mol. The van der Waals surface area contributed by atoms with E-state index in [-0.39, 0.29) is 12.3 Å².